The molecule has 4 nitrogen and oxygen atoms in total. The van der Waals surface area contributed by atoms with Crippen LogP contribution in [0, 0.1) is 0 Å². The third-order valence-electron chi connectivity index (χ3n) is 2.73. The van der Waals surface area contributed by atoms with Gasteiger partial charge in [0.25, 0.3) is 0 Å². The first-order valence-electron chi connectivity index (χ1n) is 5.85. The van der Waals surface area contributed by atoms with Gasteiger partial charge < -0.3 is 5.32 Å². The van der Waals surface area contributed by atoms with E-state index >= 15 is 0 Å². The van der Waals surface area contributed by atoms with Crippen molar-refractivity contribution in [3.05, 3.63) is 56.1 Å². The Labute approximate surface area is 137 Å². The molecule has 0 aliphatic rings. The molecule has 2 heterocycles. The van der Waals surface area contributed by atoms with Crippen LogP contribution < -0.4 is 5.32 Å². The Morgan fingerprint density at radius 2 is 1.95 bits per heavy atom. The fourth-order valence-corrected chi connectivity index (χ4v) is 3.89. The summed E-state index contributed by atoms with van der Waals surface area (Å²) >= 11 is 8.72. The summed E-state index contributed by atoms with van der Waals surface area (Å²) < 4.78 is 4.09. The minimum Gasteiger partial charge on any atom is -0.380 e. The average molecular weight is 414 g/mol. The Kier molecular flexibility index (Phi) is 4.18. The number of thiophene rings is 1. The zero-order valence-electron chi connectivity index (χ0n) is 10.3. The largest absolute Gasteiger partial charge is 0.380 e. The van der Waals surface area contributed by atoms with Crippen LogP contribution in [0.5, 0.6) is 0 Å². The molecule has 2 aromatic heterocycles. The van der Waals surface area contributed by atoms with Gasteiger partial charge >= 0.3 is 0 Å². The molecule has 0 saturated carbocycles. The van der Waals surface area contributed by atoms with Crippen LogP contribution in [0.4, 0.5) is 5.69 Å². The molecule has 102 valence electrons. The molecule has 0 aliphatic heterocycles. The molecule has 1 aromatic carbocycles. The second-order valence-corrected chi connectivity index (χ2v) is 7.42. The van der Waals surface area contributed by atoms with Crippen LogP contribution in [0.1, 0.15) is 4.88 Å². The number of nitrogens with zero attached hydrogens (tertiary/aromatic N) is 3. The molecule has 0 unspecified atom stereocenters. The van der Waals surface area contributed by atoms with Gasteiger partial charge in [-0.3, -0.25) is 4.57 Å². The van der Waals surface area contributed by atoms with E-state index in [4.69, 9.17) is 0 Å². The van der Waals surface area contributed by atoms with Gasteiger partial charge in [0.15, 0.2) is 0 Å². The lowest BCUT2D eigenvalue weighted by molar-refractivity contribution is 1.05. The first kappa shape index (κ1) is 13.8. The summed E-state index contributed by atoms with van der Waals surface area (Å²) in [5.41, 5.74) is 2.10. The standard InChI is InChI=1S/C13H10Br2N4S/c14-12-5-11(20-13(12)15)6-16-9-2-1-3-10(4-9)19-7-17-18-8-19/h1-5,7-8,16H,6H2. The van der Waals surface area contributed by atoms with Crippen molar-refractivity contribution in [2.75, 3.05) is 5.32 Å². The molecule has 20 heavy (non-hydrogen) atoms. The molecule has 3 rings (SSSR count). The Bertz CT molecular complexity index is 689. The van der Waals surface area contributed by atoms with E-state index < -0.39 is 0 Å². The van der Waals surface area contributed by atoms with Crippen LogP contribution in [-0.2, 0) is 6.54 Å². The predicted octanol–water partition coefficient (Wildman–Crippen LogP) is 4.47. The molecule has 0 radical (unpaired) electrons. The van der Waals surface area contributed by atoms with Crippen molar-refractivity contribution < 1.29 is 0 Å². The van der Waals surface area contributed by atoms with Gasteiger partial charge in [-0.15, -0.1) is 21.5 Å². The van der Waals surface area contributed by atoms with Gasteiger partial charge in [-0.25, -0.2) is 0 Å². The molecule has 1 N–H and O–H groups in total. The Morgan fingerprint density at radius 3 is 2.65 bits per heavy atom. The third kappa shape index (κ3) is 3.11. The SMILES string of the molecule is Brc1cc(CNc2cccc(-n3cnnc3)c2)sc1Br. The van der Waals surface area contributed by atoms with Crippen LogP contribution in [0.25, 0.3) is 5.69 Å². The van der Waals surface area contributed by atoms with E-state index in [0.29, 0.717) is 0 Å². The summed E-state index contributed by atoms with van der Waals surface area (Å²) in [5.74, 6) is 0. The van der Waals surface area contributed by atoms with Gasteiger partial charge in [0.2, 0.25) is 0 Å². The highest BCUT2D eigenvalue weighted by Gasteiger charge is 2.04. The smallest absolute Gasteiger partial charge is 0.123 e. The van der Waals surface area contributed by atoms with Crippen LogP contribution in [0.3, 0.4) is 0 Å². The van der Waals surface area contributed by atoms with E-state index in [1.165, 1.54) is 4.88 Å². The maximum atomic E-state index is 3.82. The molecule has 0 amide bonds. The average Bonchev–Trinajstić information content (AvgIpc) is 3.08. The number of nitrogens with one attached hydrogen (secondary N) is 1. The number of anilines is 1. The van der Waals surface area contributed by atoms with E-state index in [9.17, 15) is 0 Å². The van der Waals surface area contributed by atoms with E-state index in [0.717, 1.165) is 26.2 Å². The fraction of sp³-hybridized carbons (Fsp3) is 0.0769. The summed E-state index contributed by atoms with van der Waals surface area (Å²) in [6.07, 6.45) is 3.37. The normalized spacial score (nSPS) is 10.7. The van der Waals surface area contributed by atoms with Crippen molar-refractivity contribution in [3.63, 3.8) is 0 Å². The second kappa shape index (κ2) is 6.07. The third-order valence-corrected chi connectivity index (χ3v) is 5.98. The van der Waals surface area contributed by atoms with Crippen LogP contribution in [-0.4, -0.2) is 14.8 Å². The number of halogens is 2. The van der Waals surface area contributed by atoms with Crippen LogP contribution in [0.15, 0.2) is 51.2 Å². The maximum absolute atomic E-state index is 3.82. The van der Waals surface area contributed by atoms with Crippen molar-refractivity contribution in [2.24, 2.45) is 0 Å². The van der Waals surface area contributed by atoms with E-state index in [-0.39, 0.29) is 0 Å². The predicted molar refractivity (Wildman–Crippen MR) is 88.4 cm³/mol. The minimum atomic E-state index is 0.792. The highest BCUT2D eigenvalue weighted by molar-refractivity contribution is 9.13. The summed E-state index contributed by atoms with van der Waals surface area (Å²) in [5, 5.41) is 11.1. The lowest BCUT2D eigenvalue weighted by Gasteiger charge is -2.07. The highest BCUT2D eigenvalue weighted by atomic mass is 79.9. The number of aromatic nitrogens is 3. The monoisotopic (exact) mass is 412 g/mol. The topological polar surface area (TPSA) is 42.7 Å². The number of rotatable bonds is 4. The fourth-order valence-electron chi connectivity index (χ4n) is 1.78. The Balaban J connectivity index is 1.73. The molecule has 0 fully saturated rings. The summed E-state index contributed by atoms with van der Waals surface area (Å²) in [4.78, 5) is 1.26. The number of hydrogen-bond donors (Lipinski definition) is 1. The van der Waals surface area contributed by atoms with Crippen LogP contribution in [0.2, 0.25) is 0 Å². The maximum Gasteiger partial charge on any atom is 0.123 e. The van der Waals surface area contributed by atoms with E-state index in [1.807, 2.05) is 22.8 Å². The summed E-state index contributed by atoms with van der Waals surface area (Å²) in [7, 11) is 0. The first-order chi connectivity index (χ1) is 9.72. The molecule has 7 heteroatoms. The van der Waals surface area contributed by atoms with Gasteiger partial charge in [-0.05, 0) is 56.1 Å². The molecular formula is C13H10Br2N4S. The molecule has 0 spiro atoms. The van der Waals surface area contributed by atoms with E-state index in [1.54, 1.807) is 24.0 Å². The Hall–Kier alpha value is -1.18. The number of benzene rings is 1. The zero-order valence-corrected chi connectivity index (χ0v) is 14.2. The quantitative estimate of drug-likeness (QED) is 0.686. The molecule has 0 bridgehead atoms. The summed E-state index contributed by atoms with van der Waals surface area (Å²) in [6.45, 7) is 0.792. The van der Waals surface area contributed by atoms with Gasteiger partial charge in [0.1, 0.15) is 12.7 Å². The van der Waals surface area contributed by atoms with Crippen molar-refractivity contribution in [2.45, 2.75) is 6.54 Å². The molecule has 0 atom stereocenters. The molecule has 0 saturated heterocycles. The number of hydrogen-bond acceptors (Lipinski definition) is 4. The van der Waals surface area contributed by atoms with Gasteiger partial charge in [-0.1, -0.05) is 6.07 Å². The molecule has 3 aromatic rings. The zero-order chi connectivity index (χ0) is 13.9. The van der Waals surface area contributed by atoms with Crippen molar-refractivity contribution in [1.82, 2.24) is 14.8 Å². The molecule has 0 aliphatic carbocycles. The lowest BCUT2D eigenvalue weighted by atomic mass is 10.2. The van der Waals surface area contributed by atoms with Gasteiger partial charge in [-0.2, -0.15) is 0 Å². The van der Waals surface area contributed by atoms with E-state index in [2.05, 4.69) is 59.5 Å². The second-order valence-electron chi connectivity index (χ2n) is 4.11. The lowest BCUT2D eigenvalue weighted by Crippen LogP contribution is -1.98. The van der Waals surface area contributed by atoms with Crippen molar-refractivity contribution in [3.8, 4) is 5.69 Å². The minimum absolute atomic E-state index is 0.792. The van der Waals surface area contributed by atoms with Crippen molar-refractivity contribution in [1.29, 1.82) is 0 Å². The molecular weight excluding hydrogens is 404 g/mol. The van der Waals surface area contributed by atoms with Crippen LogP contribution >= 0.6 is 43.2 Å². The summed E-state index contributed by atoms with van der Waals surface area (Å²) in [6, 6.07) is 10.3. The first-order valence-corrected chi connectivity index (χ1v) is 8.25. The van der Waals surface area contributed by atoms with Gasteiger partial charge in [0, 0.05) is 21.6 Å². The Morgan fingerprint density at radius 1 is 1.15 bits per heavy atom. The van der Waals surface area contributed by atoms with Gasteiger partial charge in [0.05, 0.1) is 9.47 Å². The van der Waals surface area contributed by atoms with Crippen molar-refractivity contribution >= 4 is 48.9 Å². The highest BCUT2D eigenvalue weighted by Crippen LogP contribution is 2.32.